The van der Waals surface area contributed by atoms with Gasteiger partial charge >= 0.3 is 0 Å². The van der Waals surface area contributed by atoms with E-state index in [1.807, 2.05) is 22.7 Å². The van der Waals surface area contributed by atoms with Crippen molar-refractivity contribution in [3.63, 3.8) is 0 Å². The molecule has 230 valence electrons. The second-order valence-electron chi connectivity index (χ2n) is 12.5. The van der Waals surface area contributed by atoms with Gasteiger partial charge in [-0.1, -0.05) is 121 Å². The second kappa shape index (κ2) is 11.5. The van der Waals surface area contributed by atoms with E-state index in [-0.39, 0.29) is 0 Å². The van der Waals surface area contributed by atoms with Crippen LogP contribution in [0.3, 0.4) is 0 Å². The molecule has 0 saturated heterocycles. The molecule has 0 fully saturated rings. The smallest absolute Gasteiger partial charge is 0.0554 e. The molecule has 0 saturated carbocycles. The first-order valence-corrected chi connectivity index (χ1v) is 18.2. The summed E-state index contributed by atoms with van der Waals surface area (Å²) in [4.78, 5) is 2.45. The molecule has 8 aromatic carbocycles. The lowest BCUT2D eigenvalue weighted by Crippen LogP contribution is -2.10. The first-order chi connectivity index (χ1) is 24.3. The van der Waals surface area contributed by atoms with Crippen molar-refractivity contribution in [2.24, 2.45) is 0 Å². The van der Waals surface area contributed by atoms with Crippen LogP contribution in [0.25, 0.3) is 73.4 Å². The second-order valence-corrected chi connectivity index (χ2v) is 14.7. The van der Waals surface area contributed by atoms with E-state index < -0.39 is 0 Å². The Hall–Kier alpha value is -5.74. The number of hydrogen-bond donors (Lipinski definition) is 0. The predicted octanol–water partition coefficient (Wildman–Crippen LogP) is 14.4. The van der Waals surface area contributed by atoms with Crippen LogP contribution >= 0.6 is 22.7 Å². The minimum absolute atomic E-state index is 1.14. The Morgan fingerprint density at radius 1 is 0.347 bits per heavy atom. The van der Waals surface area contributed by atoms with Crippen molar-refractivity contribution in [2.75, 3.05) is 4.90 Å². The van der Waals surface area contributed by atoms with Gasteiger partial charge in [0.1, 0.15) is 0 Å². The first-order valence-electron chi connectivity index (χ1n) is 16.6. The Kier molecular flexibility index (Phi) is 6.61. The van der Waals surface area contributed by atoms with Crippen LogP contribution in [0.4, 0.5) is 17.1 Å². The molecule has 0 amide bonds. The van der Waals surface area contributed by atoms with Gasteiger partial charge in [0, 0.05) is 51.7 Å². The summed E-state index contributed by atoms with van der Waals surface area (Å²) in [5, 5.41) is 7.77. The third-order valence-corrected chi connectivity index (χ3v) is 11.9. The fourth-order valence-corrected chi connectivity index (χ4v) is 9.64. The Morgan fingerprint density at radius 2 is 0.959 bits per heavy atom. The molecular weight excluding hydrogens is 631 g/mol. The average molecular weight is 660 g/mol. The molecular formula is C46H29NS2. The van der Waals surface area contributed by atoms with E-state index in [9.17, 15) is 0 Å². The van der Waals surface area contributed by atoms with Crippen LogP contribution in [0.5, 0.6) is 0 Å². The number of benzene rings is 8. The van der Waals surface area contributed by atoms with E-state index in [4.69, 9.17) is 0 Å². The molecule has 10 aromatic rings. The number of fused-ring (bicyclic) bond motifs is 7. The molecule has 0 radical (unpaired) electrons. The summed E-state index contributed by atoms with van der Waals surface area (Å²) in [7, 11) is 0. The summed E-state index contributed by atoms with van der Waals surface area (Å²) in [5.74, 6) is 0. The lowest BCUT2D eigenvalue weighted by atomic mass is 9.95. The van der Waals surface area contributed by atoms with Crippen LogP contribution in [-0.2, 0) is 0 Å². The summed E-state index contributed by atoms with van der Waals surface area (Å²) in [6.07, 6.45) is 0. The number of rotatable bonds is 5. The van der Waals surface area contributed by atoms with Gasteiger partial charge in [-0.3, -0.25) is 0 Å². The van der Waals surface area contributed by atoms with Crippen molar-refractivity contribution in [3.05, 3.63) is 176 Å². The minimum Gasteiger partial charge on any atom is -0.310 e. The maximum absolute atomic E-state index is 2.45. The van der Waals surface area contributed by atoms with Gasteiger partial charge < -0.3 is 4.90 Å². The molecule has 2 aromatic heterocycles. The minimum atomic E-state index is 1.14. The monoisotopic (exact) mass is 659 g/mol. The summed E-state index contributed by atoms with van der Waals surface area (Å²) in [5.41, 5.74) is 8.39. The number of anilines is 3. The molecule has 0 aliphatic carbocycles. The van der Waals surface area contributed by atoms with Crippen LogP contribution < -0.4 is 4.90 Å². The van der Waals surface area contributed by atoms with Gasteiger partial charge in [0.15, 0.2) is 0 Å². The van der Waals surface area contributed by atoms with E-state index in [1.165, 1.54) is 79.1 Å². The summed E-state index contributed by atoms with van der Waals surface area (Å²) < 4.78 is 5.23. The Labute approximate surface area is 292 Å². The van der Waals surface area contributed by atoms with Crippen LogP contribution in [0.2, 0.25) is 0 Å². The molecule has 0 spiro atoms. The van der Waals surface area contributed by atoms with Crippen LogP contribution in [-0.4, -0.2) is 0 Å². The predicted molar refractivity (Wildman–Crippen MR) is 215 cm³/mol. The number of hydrogen-bond acceptors (Lipinski definition) is 3. The van der Waals surface area contributed by atoms with E-state index in [2.05, 4.69) is 181 Å². The van der Waals surface area contributed by atoms with E-state index in [0.717, 1.165) is 11.4 Å². The van der Waals surface area contributed by atoms with Crippen LogP contribution in [0.1, 0.15) is 0 Å². The Morgan fingerprint density at radius 3 is 1.84 bits per heavy atom. The van der Waals surface area contributed by atoms with Gasteiger partial charge in [0.05, 0.1) is 5.69 Å². The maximum atomic E-state index is 2.45. The largest absolute Gasteiger partial charge is 0.310 e. The van der Waals surface area contributed by atoms with Crippen molar-refractivity contribution >= 4 is 90.9 Å². The fourth-order valence-electron chi connectivity index (χ4n) is 7.37. The Bertz CT molecular complexity index is 2830. The molecule has 2 heterocycles. The highest BCUT2D eigenvalue weighted by atomic mass is 32.1. The molecule has 0 N–H and O–H groups in total. The van der Waals surface area contributed by atoms with Gasteiger partial charge in [-0.2, -0.15) is 0 Å². The van der Waals surface area contributed by atoms with E-state index in [1.54, 1.807) is 0 Å². The van der Waals surface area contributed by atoms with E-state index >= 15 is 0 Å². The van der Waals surface area contributed by atoms with Crippen molar-refractivity contribution in [3.8, 4) is 22.3 Å². The Balaban J connectivity index is 1.12. The van der Waals surface area contributed by atoms with Gasteiger partial charge in [-0.25, -0.2) is 0 Å². The van der Waals surface area contributed by atoms with Crippen LogP contribution in [0, 0.1) is 0 Å². The zero-order valence-electron chi connectivity index (χ0n) is 26.5. The fraction of sp³-hybridized carbons (Fsp3) is 0. The lowest BCUT2D eigenvalue weighted by Gasteiger charge is -2.27. The number of nitrogens with zero attached hydrogens (tertiary/aromatic N) is 1. The van der Waals surface area contributed by atoms with Crippen LogP contribution in [0.15, 0.2) is 176 Å². The summed E-state index contributed by atoms with van der Waals surface area (Å²) in [6.45, 7) is 0. The standard InChI is InChI=1S/C46H29NS2/c1-2-14-36-31(10-1)11-8-17-37(36)33-13-7-12-32(28-33)30-22-24-34(25-23-30)47(35-26-27-39-38-15-3-5-19-42(38)49-45(39)29-35)41-18-9-21-44-46(41)40-16-4-6-20-43(40)48-44/h1-29H. The number of thiophene rings is 2. The average Bonchev–Trinajstić information content (AvgIpc) is 3.74. The summed E-state index contributed by atoms with van der Waals surface area (Å²) in [6, 6.07) is 64.4. The third kappa shape index (κ3) is 4.74. The van der Waals surface area contributed by atoms with Crippen molar-refractivity contribution in [1.29, 1.82) is 0 Å². The molecule has 0 unspecified atom stereocenters. The van der Waals surface area contributed by atoms with Gasteiger partial charge in [0.2, 0.25) is 0 Å². The summed E-state index contributed by atoms with van der Waals surface area (Å²) >= 11 is 3.73. The molecule has 49 heavy (non-hydrogen) atoms. The molecule has 0 aliphatic heterocycles. The van der Waals surface area contributed by atoms with Gasteiger partial charge in [-0.15, -0.1) is 22.7 Å². The van der Waals surface area contributed by atoms with Gasteiger partial charge in [-0.05, 0) is 87.6 Å². The molecule has 10 rings (SSSR count). The lowest BCUT2D eigenvalue weighted by molar-refractivity contribution is 1.31. The molecule has 3 heteroatoms. The normalized spacial score (nSPS) is 11.7. The van der Waals surface area contributed by atoms with Crippen molar-refractivity contribution in [1.82, 2.24) is 0 Å². The van der Waals surface area contributed by atoms with Crippen molar-refractivity contribution < 1.29 is 0 Å². The molecule has 1 nitrogen and oxygen atoms in total. The molecule has 0 bridgehead atoms. The highest BCUT2D eigenvalue weighted by molar-refractivity contribution is 7.26. The zero-order chi connectivity index (χ0) is 32.3. The molecule has 0 aliphatic rings. The highest BCUT2D eigenvalue weighted by Crippen LogP contribution is 2.46. The van der Waals surface area contributed by atoms with Gasteiger partial charge in [0.25, 0.3) is 0 Å². The highest BCUT2D eigenvalue weighted by Gasteiger charge is 2.19. The van der Waals surface area contributed by atoms with E-state index in [0.29, 0.717) is 0 Å². The topological polar surface area (TPSA) is 3.24 Å². The zero-order valence-corrected chi connectivity index (χ0v) is 28.1. The quantitative estimate of drug-likeness (QED) is 0.178. The first kappa shape index (κ1) is 28.3. The maximum Gasteiger partial charge on any atom is 0.0554 e. The SMILES string of the molecule is c1cc(-c2ccc(N(c3ccc4c(c3)sc3ccccc34)c3cccc4sc5ccccc5c34)cc2)cc(-c2cccc3ccccc23)c1. The molecule has 0 atom stereocenters. The third-order valence-electron chi connectivity index (χ3n) is 9.66. The van der Waals surface area contributed by atoms with Crippen molar-refractivity contribution in [2.45, 2.75) is 0 Å².